The van der Waals surface area contributed by atoms with E-state index < -0.39 is 0 Å². The van der Waals surface area contributed by atoms with Gasteiger partial charge in [-0.1, -0.05) is 11.8 Å². The first kappa shape index (κ1) is 19.4. The van der Waals surface area contributed by atoms with Gasteiger partial charge in [0.2, 0.25) is 0 Å². The normalized spacial score (nSPS) is 10.9. The number of rotatable bonds is 6. The molecule has 0 radical (unpaired) electrons. The van der Waals surface area contributed by atoms with Crippen LogP contribution in [0.2, 0.25) is 0 Å². The summed E-state index contributed by atoms with van der Waals surface area (Å²) in [5.41, 5.74) is 4.88. The summed E-state index contributed by atoms with van der Waals surface area (Å²) >= 11 is 3.24. The second-order valence-corrected chi connectivity index (χ2v) is 7.17. The van der Waals surface area contributed by atoms with Gasteiger partial charge in [0.15, 0.2) is 16.7 Å². The number of nitrogens with zero attached hydrogens (tertiary/aromatic N) is 3. The number of carbonyl (C=O) groups excluding carboxylic acids is 1. The molecule has 7 nitrogen and oxygen atoms in total. The van der Waals surface area contributed by atoms with Crippen LogP contribution in [0.4, 0.5) is 0 Å². The molecule has 9 heteroatoms. The van der Waals surface area contributed by atoms with Crippen LogP contribution < -0.4 is 10.2 Å². The van der Waals surface area contributed by atoms with Gasteiger partial charge in [-0.2, -0.15) is 5.10 Å². The fourth-order valence-corrected chi connectivity index (χ4v) is 3.29. The number of nitrogens with one attached hydrogen (secondary N) is 1. The number of methoxy groups -OCH3 is 1. The van der Waals surface area contributed by atoms with Gasteiger partial charge in [-0.25, -0.2) is 15.4 Å². The number of halogens is 1. The number of phenols is 1. The van der Waals surface area contributed by atoms with Crippen molar-refractivity contribution >= 4 is 46.5 Å². The molecular formula is C16H17IN4O3S. The second kappa shape index (κ2) is 8.99. The molecule has 132 valence electrons. The predicted octanol–water partition coefficient (Wildman–Crippen LogP) is 2.65. The summed E-state index contributed by atoms with van der Waals surface area (Å²) < 4.78 is 5.71. The molecule has 2 N–H and O–H groups in total. The van der Waals surface area contributed by atoms with Crippen molar-refractivity contribution in [3.8, 4) is 11.5 Å². The van der Waals surface area contributed by atoms with Crippen LogP contribution in [0.3, 0.4) is 0 Å². The van der Waals surface area contributed by atoms with Crippen molar-refractivity contribution in [1.82, 2.24) is 15.4 Å². The Morgan fingerprint density at radius 2 is 2.04 bits per heavy atom. The molecule has 0 aliphatic heterocycles. The van der Waals surface area contributed by atoms with Crippen LogP contribution in [0, 0.1) is 17.4 Å². The van der Waals surface area contributed by atoms with Crippen LogP contribution in [-0.2, 0) is 4.79 Å². The van der Waals surface area contributed by atoms with Gasteiger partial charge in [0.05, 0.1) is 22.6 Å². The number of aromatic nitrogens is 2. The van der Waals surface area contributed by atoms with Crippen LogP contribution in [0.15, 0.2) is 28.5 Å². The lowest BCUT2D eigenvalue weighted by molar-refractivity contribution is -0.118. The highest BCUT2D eigenvalue weighted by Gasteiger charge is 2.08. The molecule has 0 unspecified atom stereocenters. The number of hydrogen-bond acceptors (Lipinski definition) is 7. The maximum atomic E-state index is 11.9. The minimum Gasteiger partial charge on any atom is -0.504 e. The molecule has 1 amide bonds. The summed E-state index contributed by atoms with van der Waals surface area (Å²) in [7, 11) is 1.47. The molecule has 0 fully saturated rings. The lowest BCUT2D eigenvalue weighted by Crippen LogP contribution is -2.19. The number of carbonyl (C=O) groups is 1. The van der Waals surface area contributed by atoms with Gasteiger partial charge in [0, 0.05) is 11.4 Å². The number of amides is 1. The second-order valence-electron chi connectivity index (χ2n) is 5.07. The number of aryl methyl sites for hydroxylation is 2. The number of thioether (sulfide) groups is 1. The molecule has 0 bridgehead atoms. The van der Waals surface area contributed by atoms with Gasteiger partial charge >= 0.3 is 0 Å². The summed E-state index contributed by atoms with van der Waals surface area (Å²) in [5, 5.41) is 14.3. The number of ether oxygens (including phenoxy) is 1. The summed E-state index contributed by atoms with van der Waals surface area (Å²) in [4.78, 5) is 20.4. The number of aromatic hydroxyl groups is 1. The Hall–Kier alpha value is -1.88. The number of hydrogen-bond donors (Lipinski definition) is 2. The molecule has 1 heterocycles. The largest absolute Gasteiger partial charge is 0.504 e. The third-order valence-electron chi connectivity index (χ3n) is 2.97. The van der Waals surface area contributed by atoms with Gasteiger partial charge in [-0.3, -0.25) is 4.79 Å². The van der Waals surface area contributed by atoms with Gasteiger partial charge in [-0.15, -0.1) is 0 Å². The standard InChI is InChI=1S/C16H17IN4O3S/c1-9-4-10(2)20-16(19-9)25-8-14(22)21-18-7-11-5-12(17)15(23)13(6-11)24-3/h4-7,23H,8H2,1-3H3,(H,21,22)/b18-7-. The van der Waals surface area contributed by atoms with Crippen LogP contribution in [-0.4, -0.2) is 40.1 Å². The van der Waals surface area contributed by atoms with Crippen LogP contribution in [0.25, 0.3) is 0 Å². The topological polar surface area (TPSA) is 96.7 Å². The van der Waals surface area contributed by atoms with E-state index in [4.69, 9.17) is 4.74 Å². The Kier molecular flexibility index (Phi) is 7.00. The van der Waals surface area contributed by atoms with E-state index in [-0.39, 0.29) is 17.4 Å². The minimum atomic E-state index is -0.260. The Morgan fingerprint density at radius 1 is 1.36 bits per heavy atom. The molecule has 0 spiro atoms. The number of hydrazone groups is 1. The molecule has 0 aliphatic rings. The minimum absolute atomic E-state index is 0.0779. The first-order valence-corrected chi connectivity index (χ1v) is 9.29. The van der Waals surface area contributed by atoms with Crippen molar-refractivity contribution in [3.05, 3.63) is 38.7 Å². The van der Waals surface area contributed by atoms with E-state index in [0.29, 0.717) is 20.0 Å². The monoisotopic (exact) mass is 472 g/mol. The summed E-state index contributed by atoms with van der Waals surface area (Å²) in [6.45, 7) is 3.77. The quantitative estimate of drug-likeness (QED) is 0.221. The zero-order valence-electron chi connectivity index (χ0n) is 13.9. The summed E-state index contributed by atoms with van der Waals surface area (Å²) in [6, 6.07) is 5.24. The molecule has 1 aromatic carbocycles. The first-order valence-electron chi connectivity index (χ1n) is 7.22. The highest BCUT2D eigenvalue weighted by molar-refractivity contribution is 14.1. The van der Waals surface area contributed by atoms with E-state index in [9.17, 15) is 9.90 Å². The van der Waals surface area contributed by atoms with E-state index in [2.05, 4.69) is 20.5 Å². The van der Waals surface area contributed by atoms with Crippen molar-refractivity contribution in [2.45, 2.75) is 19.0 Å². The van der Waals surface area contributed by atoms with Crippen molar-refractivity contribution in [2.75, 3.05) is 12.9 Å². The number of benzene rings is 1. The molecule has 1 aromatic heterocycles. The first-order chi connectivity index (χ1) is 11.9. The molecule has 0 aliphatic carbocycles. The average Bonchev–Trinajstić information content (AvgIpc) is 2.55. The fourth-order valence-electron chi connectivity index (χ4n) is 1.92. The Labute approximate surface area is 163 Å². The molecular weight excluding hydrogens is 455 g/mol. The summed E-state index contributed by atoms with van der Waals surface area (Å²) in [6.07, 6.45) is 1.49. The molecule has 0 atom stereocenters. The van der Waals surface area contributed by atoms with Crippen LogP contribution in [0.1, 0.15) is 17.0 Å². The van der Waals surface area contributed by atoms with E-state index in [1.165, 1.54) is 25.1 Å². The van der Waals surface area contributed by atoms with Crippen molar-refractivity contribution in [1.29, 1.82) is 0 Å². The highest BCUT2D eigenvalue weighted by atomic mass is 127. The zero-order chi connectivity index (χ0) is 18.4. The van der Waals surface area contributed by atoms with Gasteiger partial charge in [0.25, 0.3) is 5.91 Å². The smallest absolute Gasteiger partial charge is 0.250 e. The Morgan fingerprint density at radius 3 is 2.68 bits per heavy atom. The maximum Gasteiger partial charge on any atom is 0.250 e. The van der Waals surface area contributed by atoms with Crippen molar-refractivity contribution in [3.63, 3.8) is 0 Å². The molecule has 2 aromatic rings. The highest BCUT2D eigenvalue weighted by Crippen LogP contribution is 2.31. The predicted molar refractivity (Wildman–Crippen MR) is 105 cm³/mol. The van der Waals surface area contributed by atoms with E-state index in [1.807, 2.05) is 42.5 Å². The van der Waals surface area contributed by atoms with Gasteiger partial charge < -0.3 is 9.84 Å². The SMILES string of the molecule is COc1cc(/C=N\NC(=O)CSc2nc(C)cc(C)n2)cc(I)c1O. The zero-order valence-corrected chi connectivity index (χ0v) is 16.9. The Balaban J connectivity index is 1.91. The van der Waals surface area contributed by atoms with Gasteiger partial charge in [0.1, 0.15) is 0 Å². The third kappa shape index (κ3) is 5.85. The maximum absolute atomic E-state index is 11.9. The van der Waals surface area contributed by atoms with Crippen molar-refractivity contribution in [2.24, 2.45) is 5.10 Å². The van der Waals surface area contributed by atoms with Crippen LogP contribution >= 0.6 is 34.4 Å². The average molecular weight is 472 g/mol. The third-order valence-corrected chi connectivity index (χ3v) is 4.64. The molecule has 0 saturated heterocycles. The summed E-state index contributed by atoms with van der Waals surface area (Å²) in [5.74, 6) is 0.331. The van der Waals surface area contributed by atoms with E-state index in [0.717, 1.165) is 11.4 Å². The fraction of sp³-hybridized carbons (Fsp3) is 0.250. The van der Waals surface area contributed by atoms with Gasteiger partial charge in [-0.05, 0) is 60.2 Å². The van der Waals surface area contributed by atoms with Crippen molar-refractivity contribution < 1.29 is 14.6 Å². The van der Waals surface area contributed by atoms with E-state index in [1.54, 1.807) is 12.1 Å². The van der Waals surface area contributed by atoms with E-state index >= 15 is 0 Å². The Bertz CT molecular complexity index is 794. The lowest BCUT2D eigenvalue weighted by atomic mass is 10.2. The number of phenolic OH excluding ortho intramolecular Hbond substituents is 1. The molecule has 25 heavy (non-hydrogen) atoms. The lowest BCUT2D eigenvalue weighted by Gasteiger charge is -2.06. The molecule has 2 rings (SSSR count). The molecule has 0 saturated carbocycles. The van der Waals surface area contributed by atoms with Crippen LogP contribution in [0.5, 0.6) is 11.5 Å².